The van der Waals surface area contributed by atoms with Crippen LogP contribution in [0, 0.1) is 11.3 Å². The Morgan fingerprint density at radius 3 is 2.23 bits per heavy atom. The summed E-state index contributed by atoms with van der Waals surface area (Å²) in [6.07, 6.45) is 0. The third kappa shape index (κ3) is 4.53. The van der Waals surface area contributed by atoms with Crippen molar-refractivity contribution in [3.05, 3.63) is 84.4 Å². The van der Waals surface area contributed by atoms with Crippen molar-refractivity contribution in [1.82, 2.24) is 4.90 Å². The molecular weight excluding hydrogens is 376 g/mol. The maximum absolute atomic E-state index is 12.8. The zero-order valence-corrected chi connectivity index (χ0v) is 16.5. The van der Waals surface area contributed by atoms with Crippen LogP contribution in [0.3, 0.4) is 0 Å². The Hall–Kier alpha value is -3.98. The van der Waals surface area contributed by atoms with Gasteiger partial charge >= 0.3 is 6.03 Å². The van der Waals surface area contributed by atoms with Gasteiger partial charge in [-0.25, -0.2) is 4.79 Å². The highest BCUT2D eigenvalue weighted by atomic mass is 16.5. The van der Waals surface area contributed by atoms with Crippen LogP contribution in [-0.2, 0) is 0 Å². The Morgan fingerprint density at radius 2 is 1.53 bits per heavy atom. The van der Waals surface area contributed by atoms with E-state index in [1.54, 1.807) is 4.90 Å². The number of carbonyl (C=O) groups excluding carboxylic acids is 1. The number of carbonyl (C=O) groups is 1. The van der Waals surface area contributed by atoms with Crippen LogP contribution in [0.25, 0.3) is 0 Å². The molecule has 0 atom stereocenters. The quantitative estimate of drug-likeness (QED) is 0.691. The van der Waals surface area contributed by atoms with Gasteiger partial charge in [-0.15, -0.1) is 0 Å². The molecule has 1 heterocycles. The molecule has 6 nitrogen and oxygen atoms in total. The predicted molar refractivity (Wildman–Crippen MR) is 117 cm³/mol. The van der Waals surface area contributed by atoms with Gasteiger partial charge in [-0.3, -0.25) is 0 Å². The Morgan fingerprint density at radius 1 is 0.867 bits per heavy atom. The largest absolute Gasteiger partial charge is 0.455 e. The van der Waals surface area contributed by atoms with Crippen molar-refractivity contribution < 1.29 is 9.53 Å². The number of piperazine rings is 1. The summed E-state index contributed by atoms with van der Waals surface area (Å²) in [6, 6.07) is 26.4. The van der Waals surface area contributed by atoms with Crippen LogP contribution in [-0.4, -0.2) is 37.1 Å². The average molecular weight is 398 g/mol. The fourth-order valence-electron chi connectivity index (χ4n) is 3.38. The van der Waals surface area contributed by atoms with Crippen molar-refractivity contribution in [3.63, 3.8) is 0 Å². The van der Waals surface area contributed by atoms with Crippen LogP contribution in [0.15, 0.2) is 78.9 Å². The Bertz CT molecular complexity index is 1040. The van der Waals surface area contributed by atoms with Crippen molar-refractivity contribution in [2.24, 2.45) is 0 Å². The highest BCUT2D eigenvalue weighted by Gasteiger charge is 2.22. The van der Waals surface area contributed by atoms with E-state index in [1.165, 1.54) is 0 Å². The summed E-state index contributed by atoms with van der Waals surface area (Å²) in [6.45, 7) is 2.71. The van der Waals surface area contributed by atoms with Gasteiger partial charge in [0, 0.05) is 31.9 Å². The topological polar surface area (TPSA) is 68.6 Å². The molecule has 1 saturated heterocycles. The molecule has 1 N–H and O–H groups in total. The molecule has 0 unspecified atom stereocenters. The predicted octanol–water partition coefficient (Wildman–Crippen LogP) is 4.70. The molecule has 0 aromatic heterocycles. The first kappa shape index (κ1) is 19.3. The van der Waals surface area contributed by atoms with E-state index in [9.17, 15) is 4.79 Å². The number of hydrogen-bond donors (Lipinski definition) is 1. The van der Waals surface area contributed by atoms with Crippen molar-refractivity contribution >= 4 is 17.4 Å². The standard InChI is InChI=1S/C24H22N4O2/c25-18-19-10-12-20(13-11-19)27-14-16-28(17-15-27)24(29)26-22-8-4-5-9-23(22)30-21-6-2-1-3-7-21/h1-13H,14-17H2,(H,26,29). The van der Waals surface area contributed by atoms with Crippen LogP contribution in [0.2, 0.25) is 0 Å². The normalized spacial score (nSPS) is 13.4. The van der Waals surface area contributed by atoms with E-state index in [0.717, 1.165) is 24.5 Å². The van der Waals surface area contributed by atoms with E-state index in [-0.39, 0.29) is 6.03 Å². The minimum Gasteiger partial charge on any atom is -0.455 e. The van der Waals surface area contributed by atoms with Gasteiger partial charge in [0.15, 0.2) is 5.75 Å². The molecule has 1 fully saturated rings. The average Bonchev–Trinajstić information content (AvgIpc) is 2.81. The number of rotatable bonds is 4. The molecule has 1 aliphatic rings. The van der Waals surface area contributed by atoms with Crippen molar-refractivity contribution in [1.29, 1.82) is 5.26 Å². The van der Waals surface area contributed by atoms with E-state index < -0.39 is 0 Å². The molecule has 150 valence electrons. The Balaban J connectivity index is 1.37. The molecule has 0 spiro atoms. The summed E-state index contributed by atoms with van der Waals surface area (Å²) >= 11 is 0. The molecule has 0 aliphatic carbocycles. The van der Waals surface area contributed by atoms with Crippen LogP contribution >= 0.6 is 0 Å². The second kappa shape index (κ2) is 9.01. The number of hydrogen-bond acceptors (Lipinski definition) is 4. The number of para-hydroxylation sites is 3. The number of urea groups is 1. The third-order valence-electron chi connectivity index (χ3n) is 5.03. The van der Waals surface area contributed by atoms with E-state index in [1.807, 2.05) is 78.9 Å². The summed E-state index contributed by atoms with van der Waals surface area (Å²) in [5, 5.41) is 11.9. The van der Waals surface area contributed by atoms with Crippen molar-refractivity contribution in [2.75, 3.05) is 36.4 Å². The number of nitriles is 1. The highest BCUT2D eigenvalue weighted by Crippen LogP contribution is 2.29. The molecule has 3 aromatic carbocycles. The molecular formula is C24H22N4O2. The number of nitrogens with zero attached hydrogens (tertiary/aromatic N) is 3. The first-order valence-electron chi connectivity index (χ1n) is 9.86. The Kier molecular flexibility index (Phi) is 5.81. The lowest BCUT2D eigenvalue weighted by atomic mass is 10.2. The van der Waals surface area contributed by atoms with Crippen LogP contribution in [0.4, 0.5) is 16.2 Å². The van der Waals surface area contributed by atoms with Gasteiger partial charge in [0.1, 0.15) is 5.75 Å². The van der Waals surface area contributed by atoms with E-state index in [4.69, 9.17) is 10.00 Å². The van der Waals surface area contributed by atoms with Gasteiger partial charge in [-0.1, -0.05) is 30.3 Å². The first-order chi connectivity index (χ1) is 14.7. The van der Waals surface area contributed by atoms with E-state index >= 15 is 0 Å². The zero-order chi connectivity index (χ0) is 20.8. The number of ether oxygens (including phenoxy) is 1. The molecule has 4 rings (SSSR count). The minimum absolute atomic E-state index is 0.140. The molecule has 0 bridgehead atoms. The van der Waals surface area contributed by atoms with Gasteiger partial charge < -0.3 is 19.9 Å². The van der Waals surface area contributed by atoms with E-state index in [2.05, 4.69) is 16.3 Å². The zero-order valence-electron chi connectivity index (χ0n) is 16.5. The maximum Gasteiger partial charge on any atom is 0.322 e. The smallest absolute Gasteiger partial charge is 0.322 e. The Labute approximate surface area is 175 Å². The number of nitrogens with one attached hydrogen (secondary N) is 1. The molecule has 2 amide bonds. The van der Waals surface area contributed by atoms with Crippen LogP contribution in [0.5, 0.6) is 11.5 Å². The summed E-state index contributed by atoms with van der Waals surface area (Å²) in [5.41, 5.74) is 2.35. The van der Waals surface area contributed by atoms with Gasteiger partial charge in [0.25, 0.3) is 0 Å². The molecule has 3 aromatic rings. The van der Waals surface area contributed by atoms with Crippen LogP contribution in [0.1, 0.15) is 5.56 Å². The lowest BCUT2D eigenvalue weighted by Crippen LogP contribution is -2.50. The lowest BCUT2D eigenvalue weighted by Gasteiger charge is -2.36. The second-order valence-corrected chi connectivity index (χ2v) is 6.97. The van der Waals surface area contributed by atoms with Gasteiger partial charge in [-0.2, -0.15) is 5.26 Å². The van der Waals surface area contributed by atoms with Crippen molar-refractivity contribution in [3.8, 4) is 17.6 Å². The first-order valence-corrected chi connectivity index (χ1v) is 9.86. The third-order valence-corrected chi connectivity index (χ3v) is 5.03. The van der Waals surface area contributed by atoms with Crippen LogP contribution < -0.4 is 15.0 Å². The molecule has 0 radical (unpaired) electrons. The minimum atomic E-state index is -0.140. The fourth-order valence-corrected chi connectivity index (χ4v) is 3.38. The molecule has 6 heteroatoms. The number of anilines is 2. The van der Waals surface area contributed by atoms with E-state index in [0.29, 0.717) is 30.1 Å². The monoisotopic (exact) mass is 398 g/mol. The number of benzene rings is 3. The fraction of sp³-hybridized carbons (Fsp3) is 0.167. The SMILES string of the molecule is N#Cc1ccc(N2CCN(C(=O)Nc3ccccc3Oc3ccccc3)CC2)cc1. The van der Waals surface area contributed by atoms with Gasteiger partial charge in [0.2, 0.25) is 0 Å². The molecule has 30 heavy (non-hydrogen) atoms. The maximum atomic E-state index is 12.8. The summed E-state index contributed by atoms with van der Waals surface area (Å²) in [7, 11) is 0. The highest BCUT2D eigenvalue weighted by molar-refractivity contribution is 5.91. The molecule has 0 saturated carbocycles. The summed E-state index contributed by atoms with van der Waals surface area (Å²) < 4.78 is 5.93. The molecule has 1 aliphatic heterocycles. The lowest BCUT2D eigenvalue weighted by molar-refractivity contribution is 0.208. The van der Waals surface area contributed by atoms with Gasteiger partial charge in [-0.05, 0) is 48.5 Å². The number of amides is 2. The van der Waals surface area contributed by atoms with Gasteiger partial charge in [0.05, 0.1) is 17.3 Å². The van der Waals surface area contributed by atoms with Crippen molar-refractivity contribution in [2.45, 2.75) is 0 Å². The summed E-state index contributed by atoms with van der Waals surface area (Å²) in [4.78, 5) is 16.8. The summed E-state index contributed by atoms with van der Waals surface area (Å²) in [5.74, 6) is 1.32. The second-order valence-electron chi connectivity index (χ2n) is 6.97.